The van der Waals surface area contributed by atoms with Crippen molar-refractivity contribution in [3.05, 3.63) is 65.4 Å². The topological polar surface area (TPSA) is 64.3 Å². The molecule has 1 fully saturated rings. The van der Waals surface area contributed by atoms with E-state index in [1.165, 1.54) is 10.9 Å². The third-order valence-corrected chi connectivity index (χ3v) is 6.45. The van der Waals surface area contributed by atoms with Crippen LogP contribution in [0, 0.1) is 0 Å². The molecule has 5 rings (SSSR count). The lowest BCUT2D eigenvalue weighted by atomic mass is 9.89. The summed E-state index contributed by atoms with van der Waals surface area (Å²) in [4.78, 5) is 8.95. The van der Waals surface area contributed by atoms with E-state index in [1.54, 1.807) is 0 Å². The van der Waals surface area contributed by atoms with Crippen molar-refractivity contribution >= 4 is 33.4 Å². The second-order valence-corrected chi connectivity index (χ2v) is 8.54. The Balaban J connectivity index is 1.14. The van der Waals surface area contributed by atoms with Gasteiger partial charge in [-0.25, -0.2) is 0 Å². The highest BCUT2D eigenvalue weighted by atomic mass is 35.5. The molecule has 0 saturated carbocycles. The average molecular weight is 424 g/mol. The molecule has 1 saturated heterocycles. The minimum atomic E-state index is -0.804. The molecule has 2 aromatic heterocycles. The third-order valence-electron chi connectivity index (χ3n) is 6.21. The average Bonchev–Trinajstić information content (AvgIpc) is 3.40. The number of hydrogen-bond acceptors (Lipinski definition) is 3. The predicted molar refractivity (Wildman–Crippen MR) is 121 cm³/mol. The van der Waals surface area contributed by atoms with E-state index in [-0.39, 0.29) is 0 Å². The van der Waals surface area contributed by atoms with Crippen LogP contribution in [0.25, 0.3) is 21.8 Å². The van der Waals surface area contributed by atoms with E-state index >= 15 is 0 Å². The van der Waals surface area contributed by atoms with Gasteiger partial charge in [0, 0.05) is 52.2 Å². The summed E-state index contributed by atoms with van der Waals surface area (Å²) < 4.78 is 5.81. The summed E-state index contributed by atoms with van der Waals surface area (Å²) in [6.45, 7) is 2.90. The zero-order valence-electron chi connectivity index (χ0n) is 16.8. The molecule has 0 spiro atoms. The van der Waals surface area contributed by atoms with Crippen LogP contribution in [-0.2, 0) is 0 Å². The summed E-state index contributed by atoms with van der Waals surface area (Å²) in [5.41, 5.74) is 3.52. The van der Waals surface area contributed by atoms with E-state index in [9.17, 15) is 5.11 Å². The first-order valence-corrected chi connectivity index (χ1v) is 10.9. The molecule has 3 heterocycles. The number of aliphatic hydroxyl groups is 1. The lowest BCUT2D eigenvalue weighted by molar-refractivity contribution is -0.0290. The maximum Gasteiger partial charge on any atom is 0.198 e. The van der Waals surface area contributed by atoms with Gasteiger partial charge >= 0.3 is 0 Å². The number of benzene rings is 2. The van der Waals surface area contributed by atoms with Gasteiger partial charge in [-0.15, -0.1) is 0 Å². The van der Waals surface area contributed by atoms with E-state index < -0.39 is 6.29 Å². The van der Waals surface area contributed by atoms with Gasteiger partial charge in [0.25, 0.3) is 0 Å². The van der Waals surface area contributed by atoms with Crippen molar-refractivity contribution in [2.75, 3.05) is 19.6 Å². The standard InChI is InChI=1S/C24H26ClN3O2/c25-17-4-5-18-20(15-27-22(18)14-17)16-7-11-28(12-8-16)13-9-24(29)30-23-3-1-2-21-19(23)6-10-26-21/h1-6,10,14-16,24,26-27,29H,7-9,11-13H2/t24-/m0/s1. The first kappa shape index (κ1) is 19.5. The molecular weight excluding hydrogens is 398 g/mol. The fourth-order valence-electron chi connectivity index (χ4n) is 4.58. The van der Waals surface area contributed by atoms with Crippen LogP contribution in [0.1, 0.15) is 30.7 Å². The maximum absolute atomic E-state index is 10.4. The Hall–Kier alpha value is -2.47. The molecule has 5 nitrogen and oxygen atoms in total. The van der Waals surface area contributed by atoms with Crippen LogP contribution >= 0.6 is 11.6 Å². The van der Waals surface area contributed by atoms with Crippen molar-refractivity contribution in [2.24, 2.45) is 0 Å². The van der Waals surface area contributed by atoms with Crippen LogP contribution in [0.4, 0.5) is 0 Å². The third kappa shape index (κ3) is 3.93. The maximum atomic E-state index is 10.4. The molecule has 0 bridgehead atoms. The largest absolute Gasteiger partial charge is 0.464 e. The van der Waals surface area contributed by atoms with Gasteiger partial charge in [0.1, 0.15) is 5.75 Å². The van der Waals surface area contributed by atoms with Crippen LogP contribution in [0.2, 0.25) is 5.02 Å². The fraction of sp³-hybridized carbons (Fsp3) is 0.333. The monoisotopic (exact) mass is 423 g/mol. The summed E-state index contributed by atoms with van der Waals surface area (Å²) in [5.74, 6) is 1.28. The number of halogens is 1. The molecule has 1 aliphatic heterocycles. The van der Waals surface area contributed by atoms with Crippen LogP contribution in [0.5, 0.6) is 5.75 Å². The van der Waals surface area contributed by atoms with E-state index in [4.69, 9.17) is 16.3 Å². The number of H-pyrrole nitrogens is 2. The number of nitrogens with zero attached hydrogens (tertiary/aromatic N) is 1. The molecule has 1 atom stereocenters. The predicted octanol–water partition coefficient (Wildman–Crippen LogP) is 5.27. The molecule has 30 heavy (non-hydrogen) atoms. The van der Waals surface area contributed by atoms with E-state index in [0.29, 0.717) is 12.3 Å². The lowest BCUT2D eigenvalue weighted by Crippen LogP contribution is -2.35. The SMILES string of the molecule is O[C@H](CCN1CCC(c2c[nH]c3cc(Cl)ccc23)CC1)Oc1cccc2[nH]ccc12. The summed E-state index contributed by atoms with van der Waals surface area (Å²) in [6, 6.07) is 13.9. The van der Waals surface area contributed by atoms with Gasteiger partial charge in [0.15, 0.2) is 6.29 Å². The minimum absolute atomic E-state index is 0.559. The Morgan fingerprint density at radius 2 is 1.93 bits per heavy atom. The molecule has 1 aliphatic rings. The molecule has 3 N–H and O–H groups in total. The fourth-order valence-corrected chi connectivity index (χ4v) is 4.76. The number of likely N-dealkylation sites (tertiary alicyclic amines) is 1. The van der Waals surface area contributed by atoms with Crippen LogP contribution in [0.15, 0.2) is 54.9 Å². The first-order valence-electron chi connectivity index (χ1n) is 10.6. The van der Waals surface area contributed by atoms with Gasteiger partial charge in [0.05, 0.1) is 0 Å². The molecule has 156 valence electrons. The van der Waals surface area contributed by atoms with Crippen molar-refractivity contribution in [1.82, 2.24) is 14.9 Å². The summed E-state index contributed by atoms with van der Waals surface area (Å²) in [6.07, 6.45) is 6.06. The van der Waals surface area contributed by atoms with E-state index in [2.05, 4.69) is 27.1 Å². The molecule has 6 heteroatoms. The Bertz CT molecular complexity index is 1140. The van der Waals surface area contributed by atoms with E-state index in [1.807, 2.05) is 42.6 Å². The van der Waals surface area contributed by atoms with Gasteiger partial charge in [0.2, 0.25) is 0 Å². The van der Waals surface area contributed by atoms with Gasteiger partial charge in [-0.3, -0.25) is 0 Å². The van der Waals surface area contributed by atoms with Crippen molar-refractivity contribution in [2.45, 2.75) is 31.5 Å². The number of aromatic amines is 2. The first-order chi connectivity index (χ1) is 14.7. The number of ether oxygens (including phenoxy) is 1. The highest BCUT2D eigenvalue weighted by Gasteiger charge is 2.23. The Labute approximate surface area is 180 Å². The quantitative estimate of drug-likeness (QED) is 0.370. The van der Waals surface area contributed by atoms with Crippen molar-refractivity contribution in [1.29, 1.82) is 0 Å². The number of fused-ring (bicyclic) bond motifs is 2. The van der Waals surface area contributed by atoms with Gasteiger partial charge < -0.3 is 24.7 Å². The van der Waals surface area contributed by atoms with Crippen molar-refractivity contribution in [3.63, 3.8) is 0 Å². The normalized spacial score (nSPS) is 17.0. The number of nitrogens with one attached hydrogen (secondary N) is 2. The number of aliphatic hydroxyl groups excluding tert-OH is 1. The van der Waals surface area contributed by atoms with Crippen LogP contribution in [0.3, 0.4) is 0 Å². The highest BCUT2D eigenvalue weighted by Crippen LogP contribution is 2.34. The zero-order chi connectivity index (χ0) is 20.5. The molecule has 0 radical (unpaired) electrons. The molecule has 0 amide bonds. The number of piperidine rings is 1. The number of aromatic nitrogens is 2. The van der Waals surface area contributed by atoms with Crippen LogP contribution < -0.4 is 4.74 Å². The summed E-state index contributed by atoms with van der Waals surface area (Å²) in [7, 11) is 0. The van der Waals surface area contributed by atoms with E-state index in [0.717, 1.165) is 59.7 Å². The lowest BCUT2D eigenvalue weighted by Gasteiger charge is -2.32. The minimum Gasteiger partial charge on any atom is -0.464 e. The summed E-state index contributed by atoms with van der Waals surface area (Å²) >= 11 is 6.11. The van der Waals surface area contributed by atoms with Gasteiger partial charge in [-0.05, 0) is 67.7 Å². The number of hydrogen-bond donors (Lipinski definition) is 3. The molecular formula is C24H26ClN3O2. The van der Waals surface area contributed by atoms with Gasteiger partial charge in [-0.2, -0.15) is 0 Å². The van der Waals surface area contributed by atoms with Crippen molar-refractivity contribution < 1.29 is 9.84 Å². The number of rotatable bonds is 6. The molecule has 0 aliphatic carbocycles. The second-order valence-electron chi connectivity index (χ2n) is 8.11. The Morgan fingerprint density at radius 3 is 2.80 bits per heavy atom. The molecule has 4 aromatic rings. The zero-order valence-corrected chi connectivity index (χ0v) is 17.5. The van der Waals surface area contributed by atoms with Crippen molar-refractivity contribution in [3.8, 4) is 5.75 Å². The Kier molecular flexibility index (Phi) is 5.42. The second kappa shape index (κ2) is 8.34. The molecule has 2 aromatic carbocycles. The summed E-state index contributed by atoms with van der Waals surface area (Å²) in [5, 5.41) is 13.4. The molecule has 0 unspecified atom stereocenters. The smallest absolute Gasteiger partial charge is 0.198 e. The highest BCUT2D eigenvalue weighted by molar-refractivity contribution is 6.31. The Morgan fingerprint density at radius 1 is 1.07 bits per heavy atom. The van der Waals surface area contributed by atoms with Crippen LogP contribution in [-0.4, -0.2) is 45.9 Å². The van der Waals surface area contributed by atoms with Gasteiger partial charge in [-0.1, -0.05) is 23.7 Å².